The molecular weight excluding hydrogens is 287 g/mol. The summed E-state index contributed by atoms with van der Waals surface area (Å²) in [6.07, 6.45) is 1.62. The van der Waals surface area contributed by atoms with E-state index in [1.807, 2.05) is 6.92 Å². The van der Waals surface area contributed by atoms with E-state index in [2.05, 4.69) is 21.4 Å². The Labute approximate surface area is 110 Å². The predicted octanol–water partition coefficient (Wildman–Crippen LogP) is 2.91. The summed E-state index contributed by atoms with van der Waals surface area (Å²) < 4.78 is 19.8. The molecule has 5 heteroatoms. The van der Waals surface area contributed by atoms with Gasteiger partial charge in [-0.3, -0.25) is 11.3 Å². The summed E-state index contributed by atoms with van der Waals surface area (Å²) in [4.78, 5) is 0. The number of halogens is 2. The molecule has 0 aliphatic rings. The third-order valence-electron chi connectivity index (χ3n) is 2.43. The Morgan fingerprint density at radius 2 is 2.24 bits per heavy atom. The van der Waals surface area contributed by atoms with Gasteiger partial charge in [-0.15, -0.1) is 0 Å². The summed E-state index contributed by atoms with van der Waals surface area (Å²) in [5.41, 5.74) is 3.18. The van der Waals surface area contributed by atoms with Crippen LogP contribution in [0, 0.1) is 5.82 Å². The van der Waals surface area contributed by atoms with Gasteiger partial charge in [0.2, 0.25) is 0 Å². The number of rotatable bonds is 7. The Morgan fingerprint density at radius 1 is 1.47 bits per heavy atom. The van der Waals surface area contributed by atoms with Crippen molar-refractivity contribution in [2.75, 3.05) is 13.2 Å². The van der Waals surface area contributed by atoms with Crippen molar-refractivity contribution in [3.63, 3.8) is 0 Å². The first-order valence-corrected chi connectivity index (χ1v) is 6.47. The van der Waals surface area contributed by atoms with Crippen LogP contribution in [0.4, 0.5) is 4.39 Å². The van der Waals surface area contributed by atoms with Crippen LogP contribution in [-0.2, 0) is 4.74 Å². The van der Waals surface area contributed by atoms with E-state index in [0.29, 0.717) is 18.6 Å². The van der Waals surface area contributed by atoms with E-state index < -0.39 is 0 Å². The van der Waals surface area contributed by atoms with Gasteiger partial charge < -0.3 is 4.74 Å². The number of hydrazine groups is 1. The maximum atomic E-state index is 13.6. The summed E-state index contributed by atoms with van der Waals surface area (Å²) >= 11 is 3.32. The van der Waals surface area contributed by atoms with E-state index in [0.717, 1.165) is 17.5 Å². The zero-order valence-electron chi connectivity index (χ0n) is 9.88. The van der Waals surface area contributed by atoms with E-state index in [-0.39, 0.29) is 11.9 Å². The molecule has 3 N–H and O–H groups in total. The number of hydrogen-bond acceptors (Lipinski definition) is 3. The van der Waals surface area contributed by atoms with Gasteiger partial charge in [-0.1, -0.05) is 22.9 Å². The highest BCUT2D eigenvalue weighted by Crippen LogP contribution is 2.23. The van der Waals surface area contributed by atoms with Crippen LogP contribution in [-0.4, -0.2) is 13.2 Å². The van der Waals surface area contributed by atoms with Gasteiger partial charge in [0.15, 0.2) is 0 Å². The van der Waals surface area contributed by atoms with E-state index in [9.17, 15) is 4.39 Å². The quantitative estimate of drug-likeness (QED) is 0.462. The first kappa shape index (κ1) is 14.6. The molecule has 0 aliphatic heterocycles. The molecule has 0 saturated heterocycles. The minimum absolute atomic E-state index is 0.232. The van der Waals surface area contributed by atoms with E-state index >= 15 is 0 Å². The molecule has 1 aromatic rings. The zero-order valence-corrected chi connectivity index (χ0v) is 11.5. The van der Waals surface area contributed by atoms with Crippen molar-refractivity contribution in [2.24, 2.45) is 5.84 Å². The van der Waals surface area contributed by atoms with Crippen LogP contribution in [0.1, 0.15) is 31.4 Å². The molecule has 1 rings (SSSR count). The SMILES string of the molecule is CCCOCCC(NN)c1cc(Br)ccc1F. The highest BCUT2D eigenvalue weighted by Gasteiger charge is 2.14. The fourth-order valence-electron chi connectivity index (χ4n) is 1.56. The van der Waals surface area contributed by atoms with Gasteiger partial charge in [-0.2, -0.15) is 0 Å². The summed E-state index contributed by atoms with van der Waals surface area (Å²) in [7, 11) is 0. The molecule has 0 aliphatic carbocycles. The van der Waals surface area contributed by atoms with Crippen molar-refractivity contribution >= 4 is 15.9 Å². The van der Waals surface area contributed by atoms with Crippen molar-refractivity contribution in [3.8, 4) is 0 Å². The van der Waals surface area contributed by atoms with Crippen LogP contribution in [0.15, 0.2) is 22.7 Å². The molecule has 0 fully saturated rings. The lowest BCUT2D eigenvalue weighted by atomic mass is 10.0. The zero-order chi connectivity index (χ0) is 12.7. The molecule has 0 heterocycles. The van der Waals surface area contributed by atoms with Crippen LogP contribution < -0.4 is 11.3 Å². The molecule has 0 radical (unpaired) electrons. The Balaban J connectivity index is 2.62. The van der Waals surface area contributed by atoms with Crippen molar-refractivity contribution in [3.05, 3.63) is 34.1 Å². The van der Waals surface area contributed by atoms with Gasteiger partial charge in [0.1, 0.15) is 5.82 Å². The topological polar surface area (TPSA) is 47.3 Å². The molecule has 0 aromatic heterocycles. The second-order valence-corrected chi connectivity index (χ2v) is 4.70. The van der Waals surface area contributed by atoms with Gasteiger partial charge >= 0.3 is 0 Å². The molecule has 17 heavy (non-hydrogen) atoms. The monoisotopic (exact) mass is 304 g/mol. The largest absolute Gasteiger partial charge is 0.381 e. The molecule has 3 nitrogen and oxygen atoms in total. The smallest absolute Gasteiger partial charge is 0.128 e. The lowest BCUT2D eigenvalue weighted by Crippen LogP contribution is -2.29. The first-order valence-electron chi connectivity index (χ1n) is 5.67. The Bertz CT molecular complexity index is 349. The molecule has 0 bridgehead atoms. The average molecular weight is 305 g/mol. The van der Waals surface area contributed by atoms with Crippen molar-refractivity contribution in [1.82, 2.24) is 5.43 Å². The second kappa shape index (κ2) is 7.76. The molecule has 1 unspecified atom stereocenters. The summed E-state index contributed by atoms with van der Waals surface area (Å²) in [5.74, 6) is 5.19. The number of ether oxygens (including phenoxy) is 1. The Morgan fingerprint density at radius 3 is 2.88 bits per heavy atom. The molecule has 0 amide bonds. The molecule has 1 atom stereocenters. The summed E-state index contributed by atoms with van der Waals surface area (Å²) in [6, 6.07) is 4.60. The standard InChI is InChI=1S/C12H18BrFN2O/c1-2-6-17-7-5-12(16-15)10-8-9(13)3-4-11(10)14/h3-4,8,12,16H,2,5-7,15H2,1H3. The minimum atomic E-state index is -0.258. The van der Waals surface area contributed by atoms with Gasteiger partial charge in [-0.05, 0) is 31.0 Å². The number of nitrogens with one attached hydrogen (secondary N) is 1. The minimum Gasteiger partial charge on any atom is -0.381 e. The number of nitrogens with two attached hydrogens (primary N) is 1. The van der Waals surface area contributed by atoms with Crippen molar-refractivity contribution < 1.29 is 9.13 Å². The van der Waals surface area contributed by atoms with Crippen molar-refractivity contribution in [1.29, 1.82) is 0 Å². The second-order valence-electron chi connectivity index (χ2n) is 3.79. The molecule has 96 valence electrons. The highest BCUT2D eigenvalue weighted by atomic mass is 79.9. The lowest BCUT2D eigenvalue weighted by molar-refractivity contribution is 0.124. The van der Waals surface area contributed by atoms with Gasteiger partial charge in [0.05, 0.1) is 6.04 Å². The predicted molar refractivity (Wildman–Crippen MR) is 69.9 cm³/mol. The van der Waals surface area contributed by atoms with Crippen LogP contribution >= 0.6 is 15.9 Å². The van der Waals surface area contributed by atoms with Crippen LogP contribution in [0.2, 0.25) is 0 Å². The van der Waals surface area contributed by atoms with Crippen LogP contribution in [0.5, 0.6) is 0 Å². The van der Waals surface area contributed by atoms with Crippen molar-refractivity contribution in [2.45, 2.75) is 25.8 Å². The first-order chi connectivity index (χ1) is 8.19. The van der Waals surface area contributed by atoms with E-state index in [1.165, 1.54) is 6.07 Å². The van der Waals surface area contributed by atoms with Gasteiger partial charge in [0, 0.05) is 23.2 Å². The van der Waals surface area contributed by atoms with E-state index in [4.69, 9.17) is 10.6 Å². The Kier molecular flexibility index (Phi) is 6.65. The maximum absolute atomic E-state index is 13.6. The fraction of sp³-hybridized carbons (Fsp3) is 0.500. The average Bonchev–Trinajstić information content (AvgIpc) is 2.33. The summed E-state index contributed by atoms with van der Waals surface area (Å²) in [6.45, 7) is 3.33. The molecule has 0 saturated carbocycles. The number of hydrogen-bond donors (Lipinski definition) is 2. The normalized spacial score (nSPS) is 12.7. The highest BCUT2D eigenvalue weighted by molar-refractivity contribution is 9.10. The maximum Gasteiger partial charge on any atom is 0.128 e. The van der Waals surface area contributed by atoms with Crippen LogP contribution in [0.3, 0.4) is 0 Å². The lowest BCUT2D eigenvalue weighted by Gasteiger charge is -2.17. The Hall–Kier alpha value is -0.490. The third kappa shape index (κ3) is 4.71. The number of benzene rings is 1. The third-order valence-corrected chi connectivity index (χ3v) is 2.93. The van der Waals surface area contributed by atoms with Crippen LogP contribution in [0.25, 0.3) is 0 Å². The molecular formula is C12H18BrFN2O. The van der Waals surface area contributed by atoms with Gasteiger partial charge in [0.25, 0.3) is 0 Å². The fourth-order valence-corrected chi connectivity index (χ4v) is 1.94. The van der Waals surface area contributed by atoms with E-state index in [1.54, 1.807) is 12.1 Å². The van der Waals surface area contributed by atoms with Gasteiger partial charge in [-0.25, -0.2) is 4.39 Å². The molecule has 0 spiro atoms. The molecule has 1 aromatic carbocycles. The summed E-state index contributed by atoms with van der Waals surface area (Å²) in [5, 5.41) is 0.